The Bertz CT molecular complexity index is 1140. The number of phenolic OH excluding ortho intramolecular Hbond substituents is 1. The van der Waals surface area contributed by atoms with Crippen LogP contribution in [-0.4, -0.2) is 10.1 Å². The summed E-state index contributed by atoms with van der Waals surface area (Å²) < 4.78 is 40.0. The molecule has 27 heavy (non-hydrogen) atoms. The van der Waals surface area contributed by atoms with Gasteiger partial charge in [0.15, 0.2) is 0 Å². The van der Waals surface area contributed by atoms with Crippen molar-refractivity contribution in [3.8, 4) is 28.0 Å². The number of nitrogens with zero attached hydrogens (tertiary/aromatic N) is 1. The van der Waals surface area contributed by atoms with Gasteiger partial charge in [0, 0.05) is 17.1 Å². The van der Waals surface area contributed by atoms with Gasteiger partial charge in [-0.3, -0.25) is 4.98 Å². The van der Waals surface area contributed by atoms with Crippen molar-refractivity contribution >= 4 is 10.9 Å². The van der Waals surface area contributed by atoms with Crippen molar-refractivity contribution in [2.24, 2.45) is 0 Å². The lowest BCUT2D eigenvalue weighted by Crippen LogP contribution is -2.06. The first-order valence-corrected chi connectivity index (χ1v) is 8.29. The van der Waals surface area contributed by atoms with E-state index < -0.39 is 11.7 Å². The third-order valence-electron chi connectivity index (χ3n) is 4.48. The average Bonchev–Trinajstić information content (AvgIpc) is 2.67. The molecular weight excluding hydrogens is 351 g/mol. The summed E-state index contributed by atoms with van der Waals surface area (Å²) in [6.07, 6.45) is -2.85. The van der Waals surface area contributed by atoms with Crippen LogP contribution in [0, 0.1) is 0 Å². The topological polar surface area (TPSA) is 33.1 Å². The molecule has 134 valence electrons. The summed E-state index contributed by atoms with van der Waals surface area (Å²) >= 11 is 0. The number of aromatic hydroxyl groups is 1. The van der Waals surface area contributed by atoms with Crippen LogP contribution in [0.1, 0.15) is 5.56 Å². The van der Waals surface area contributed by atoms with Crippen molar-refractivity contribution in [3.63, 3.8) is 0 Å². The zero-order valence-corrected chi connectivity index (χ0v) is 14.0. The number of aromatic nitrogens is 1. The third kappa shape index (κ3) is 3.12. The quantitative estimate of drug-likeness (QED) is 0.453. The molecule has 0 aliphatic carbocycles. The van der Waals surface area contributed by atoms with Crippen LogP contribution in [0.4, 0.5) is 13.2 Å². The van der Waals surface area contributed by atoms with E-state index in [-0.39, 0.29) is 11.3 Å². The van der Waals surface area contributed by atoms with Gasteiger partial charge in [-0.15, -0.1) is 0 Å². The summed E-state index contributed by atoms with van der Waals surface area (Å²) in [7, 11) is 0. The molecule has 0 amide bonds. The molecule has 0 aliphatic heterocycles. The maximum absolute atomic E-state index is 13.3. The SMILES string of the molecule is Oc1ccccc1-c1ccnc2cc(-c3ccccc3C(F)(F)F)ccc12. The number of para-hydroxylation sites is 1. The van der Waals surface area contributed by atoms with Crippen LogP contribution in [0.15, 0.2) is 79.0 Å². The van der Waals surface area contributed by atoms with Gasteiger partial charge in [0.25, 0.3) is 0 Å². The first kappa shape index (κ1) is 17.1. The van der Waals surface area contributed by atoms with Gasteiger partial charge in [-0.2, -0.15) is 13.2 Å². The lowest BCUT2D eigenvalue weighted by molar-refractivity contribution is -0.137. The molecule has 0 spiro atoms. The maximum Gasteiger partial charge on any atom is 0.417 e. The Morgan fingerprint density at radius 1 is 0.741 bits per heavy atom. The van der Waals surface area contributed by atoms with Crippen molar-refractivity contribution < 1.29 is 18.3 Å². The van der Waals surface area contributed by atoms with Gasteiger partial charge in [0.1, 0.15) is 5.75 Å². The molecule has 0 radical (unpaired) electrons. The number of hydrogen-bond acceptors (Lipinski definition) is 2. The molecule has 0 saturated carbocycles. The van der Waals surface area contributed by atoms with Crippen molar-refractivity contribution in [2.75, 3.05) is 0 Å². The molecule has 0 fully saturated rings. The van der Waals surface area contributed by atoms with Gasteiger partial charge in [0.2, 0.25) is 0 Å². The first-order chi connectivity index (χ1) is 12.9. The minimum absolute atomic E-state index is 0.113. The third-order valence-corrected chi connectivity index (χ3v) is 4.48. The molecule has 1 aromatic heterocycles. The van der Waals surface area contributed by atoms with Gasteiger partial charge >= 0.3 is 6.18 Å². The number of hydrogen-bond donors (Lipinski definition) is 1. The van der Waals surface area contributed by atoms with Gasteiger partial charge in [-0.25, -0.2) is 0 Å². The average molecular weight is 365 g/mol. The number of halogens is 3. The Morgan fingerprint density at radius 3 is 2.19 bits per heavy atom. The highest BCUT2D eigenvalue weighted by Crippen LogP contribution is 2.39. The lowest BCUT2D eigenvalue weighted by Gasteiger charge is -2.14. The molecule has 0 unspecified atom stereocenters. The van der Waals surface area contributed by atoms with Crippen LogP contribution >= 0.6 is 0 Å². The maximum atomic E-state index is 13.3. The van der Waals surface area contributed by atoms with E-state index in [1.165, 1.54) is 12.1 Å². The van der Waals surface area contributed by atoms with Crippen LogP contribution in [-0.2, 0) is 6.18 Å². The van der Waals surface area contributed by atoms with E-state index in [1.807, 2.05) is 6.07 Å². The molecule has 0 bridgehead atoms. The van der Waals surface area contributed by atoms with E-state index in [4.69, 9.17) is 0 Å². The number of rotatable bonds is 2. The van der Waals surface area contributed by atoms with Crippen LogP contribution in [0.5, 0.6) is 5.75 Å². The molecular formula is C22H14F3NO. The standard InChI is InChI=1S/C22H14F3NO/c23-22(24,25)19-7-3-1-5-15(19)14-9-10-17-16(11-12-26-20(17)13-14)18-6-2-4-8-21(18)27/h1-13,27H. The fourth-order valence-electron chi connectivity index (χ4n) is 3.23. The Balaban J connectivity index is 1.90. The van der Waals surface area contributed by atoms with Crippen molar-refractivity contribution in [1.29, 1.82) is 0 Å². The Morgan fingerprint density at radius 2 is 1.44 bits per heavy atom. The van der Waals surface area contributed by atoms with E-state index in [1.54, 1.807) is 54.7 Å². The highest BCUT2D eigenvalue weighted by Gasteiger charge is 2.33. The fourth-order valence-corrected chi connectivity index (χ4v) is 3.23. The number of fused-ring (bicyclic) bond motifs is 1. The fraction of sp³-hybridized carbons (Fsp3) is 0.0455. The number of benzene rings is 3. The second-order valence-electron chi connectivity index (χ2n) is 6.15. The second-order valence-corrected chi connectivity index (χ2v) is 6.15. The number of phenols is 1. The summed E-state index contributed by atoms with van der Waals surface area (Å²) in [6.45, 7) is 0. The minimum Gasteiger partial charge on any atom is -0.507 e. The highest BCUT2D eigenvalue weighted by atomic mass is 19.4. The van der Waals surface area contributed by atoms with Gasteiger partial charge in [-0.05, 0) is 41.0 Å². The van der Waals surface area contributed by atoms with Crippen molar-refractivity contribution in [3.05, 3.63) is 84.6 Å². The molecule has 5 heteroatoms. The minimum atomic E-state index is -4.43. The first-order valence-electron chi connectivity index (χ1n) is 8.29. The van der Waals surface area contributed by atoms with Gasteiger partial charge in [0.05, 0.1) is 11.1 Å². The largest absolute Gasteiger partial charge is 0.507 e. The molecule has 4 rings (SSSR count). The zero-order chi connectivity index (χ0) is 19.0. The van der Waals surface area contributed by atoms with Crippen LogP contribution in [0.2, 0.25) is 0 Å². The van der Waals surface area contributed by atoms with Crippen LogP contribution in [0.3, 0.4) is 0 Å². The van der Waals surface area contributed by atoms with Crippen molar-refractivity contribution in [1.82, 2.24) is 4.98 Å². The predicted molar refractivity (Wildman–Crippen MR) is 99.3 cm³/mol. The highest BCUT2D eigenvalue weighted by molar-refractivity contribution is 5.97. The number of pyridine rings is 1. The van der Waals surface area contributed by atoms with E-state index >= 15 is 0 Å². The Hall–Kier alpha value is -3.34. The molecule has 0 aliphatic rings. The second kappa shape index (κ2) is 6.43. The van der Waals surface area contributed by atoms with E-state index in [0.29, 0.717) is 16.6 Å². The zero-order valence-electron chi connectivity index (χ0n) is 14.0. The van der Waals surface area contributed by atoms with E-state index in [0.717, 1.165) is 17.0 Å². The Labute approximate surface area is 153 Å². The molecule has 0 atom stereocenters. The van der Waals surface area contributed by atoms with Gasteiger partial charge < -0.3 is 5.11 Å². The van der Waals surface area contributed by atoms with E-state index in [2.05, 4.69) is 4.98 Å². The molecule has 2 nitrogen and oxygen atoms in total. The number of alkyl halides is 3. The van der Waals surface area contributed by atoms with Crippen LogP contribution in [0.25, 0.3) is 33.2 Å². The molecule has 1 heterocycles. The molecule has 4 aromatic rings. The summed E-state index contributed by atoms with van der Waals surface area (Å²) in [5.41, 5.74) is 1.85. The van der Waals surface area contributed by atoms with Crippen LogP contribution < -0.4 is 0 Å². The van der Waals surface area contributed by atoms with Gasteiger partial charge in [-0.1, -0.05) is 48.5 Å². The smallest absolute Gasteiger partial charge is 0.417 e. The Kier molecular flexibility index (Phi) is 4.07. The van der Waals surface area contributed by atoms with Crippen molar-refractivity contribution in [2.45, 2.75) is 6.18 Å². The molecule has 1 N–H and O–H groups in total. The summed E-state index contributed by atoms with van der Waals surface area (Å²) in [4.78, 5) is 4.31. The van der Waals surface area contributed by atoms with E-state index in [9.17, 15) is 18.3 Å². The predicted octanol–water partition coefficient (Wildman–Crippen LogP) is 6.29. The molecule has 0 saturated heterocycles. The molecule has 3 aromatic carbocycles. The normalized spacial score (nSPS) is 11.7. The monoisotopic (exact) mass is 365 g/mol. The lowest BCUT2D eigenvalue weighted by atomic mass is 9.95. The summed E-state index contributed by atoms with van der Waals surface area (Å²) in [5, 5.41) is 10.9. The summed E-state index contributed by atoms with van der Waals surface area (Å²) in [6, 6.07) is 19.2. The summed E-state index contributed by atoms with van der Waals surface area (Å²) in [5.74, 6) is 0.136.